The molecule has 1 saturated heterocycles. The Balaban J connectivity index is 1.85. The molecule has 0 bridgehead atoms. The quantitative estimate of drug-likeness (QED) is 0.813. The smallest absolute Gasteiger partial charge is 0.203 e. The van der Waals surface area contributed by atoms with Crippen molar-refractivity contribution in [2.75, 3.05) is 58.4 Å². The molecule has 0 aliphatic carbocycles. The molecule has 1 aliphatic heterocycles. The van der Waals surface area contributed by atoms with Crippen LogP contribution in [0.1, 0.15) is 18.7 Å². The summed E-state index contributed by atoms with van der Waals surface area (Å²) < 4.78 is 12.7. The lowest BCUT2D eigenvalue weighted by molar-refractivity contribution is 0.0398. The molecule has 20 heavy (non-hydrogen) atoms. The maximum absolute atomic E-state index is 5.35. The summed E-state index contributed by atoms with van der Waals surface area (Å²) in [5.41, 5.74) is 1.03. The molecule has 1 aromatic rings. The van der Waals surface area contributed by atoms with Crippen LogP contribution in [0.3, 0.4) is 0 Å². The fraction of sp³-hybridized carbons (Fsp3) is 0.786. The Bertz CT molecular complexity index is 402. The van der Waals surface area contributed by atoms with Crippen molar-refractivity contribution in [1.82, 2.24) is 14.5 Å². The van der Waals surface area contributed by atoms with E-state index in [-0.39, 0.29) is 6.04 Å². The second-order valence-electron chi connectivity index (χ2n) is 5.30. The fourth-order valence-corrected chi connectivity index (χ4v) is 2.45. The van der Waals surface area contributed by atoms with E-state index in [4.69, 9.17) is 9.47 Å². The molecule has 1 aromatic heterocycles. The Morgan fingerprint density at radius 1 is 1.45 bits per heavy atom. The third-order valence-electron chi connectivity index (χ3n) is 3.55. The predicted octanol–water partition coefficient (Wildman–Crippen LogP) is 1.14. The van der Waals surface area contributed by atoms with Crippen LogP contribution in [0.5, 0.6) is 0 Å². The summed E-state index contributed by atoms with van der Waals surface area (Å²) in [6, 6.07) is 0.284. The molecule has 0 amide bonds. The van der Waals surface area contributed by atoms with Crippen LogP contribution in [0.25, 0.3) is 0 Å². The van der Waals surface area contributed by atoms with Crippen molar-refractivity contribution in [3.63, 3.8) is 0 Å². The molecule has 0 radical (unpaired) electrons. The number of aromatic nitrogens is 2. The van der Waals surface area contributed by atoms with Gasteiger partial charge in [-0.1, -0.05) is 0 Å². The Morgan fingerprint density at radius 3 is 2.90 bits per heavy atom. The second-order valence-corrected chi connectivity index (χ2v) is 5.30. The normalized spacial score (nSPS) is 18.1. The van der Waals surface area contributed by atoms with Gasteiger partial charge in [0.05, 0.1) is 31.6 Å². The summed E-state index contributed by atoms with van der Waals surface area (Å²) in [6.45, 7) is 10.5. The van der Waals surface area contributed by atoms with E-state index < -0.39 is 0 Å². The number of ether oxygens (including phenoxy) is 2. The average Bonchev–Trinajstić information content (AvgIpc) is 2.81. The molecule has 1 N–H and O–H groups in total. The predicted molar refractivity (Wildman–Crippen MR) is 79.3 cm³/mol. The van der Waals surface area contributed by atoms with Gasteiger partial charge in [0.25, 0.3) is 0 Å². The molecular weight excluding hydrogens is 256 g/mol. The number of nitrogens with one attached hydrogen (secondary N) is 1. The molecule has 1 atom stereocenters. The van der Waals surface area contributed by atoms with E-state index in [0.717, 1.165) is 51.0 Å². The van der Waals surface area contributed by atoms with Gasteiger partial charge in [-0.15, -0.1) is 0 Å². The maximum Gasteiger partial charge on any atom is 0.203 e. The van der Waals surface area contributed by atoms with Crippen LogP contribution in [-0.4, -0.2) is 67.6 Å². The number of nitrogens with zero attached hydrogens (tertiary/aromatic N) is 3. The molecule has 1 unspecified atom stereocenters. The third kappa shape index (κ3) is 4.19. The Morgan fingerprint density at radius 2 is 2.20 bits per heavy atom. The molecule has 0 spiro atoms. The van der Waals surface area contributed by atoms with Crippen LogP contribution in [0.15, 0.2) is 6.20 Å². The molecule has 1 fully saturated rings. The van der Waals surface area contributed by atoms with Crippen molar-refractivity contribution in [2.24, 2.45) is 0 Å². The highest BCUT2D eigenvalue weighted by molar-refractivity contribution is 5.29. The summed E-state index contributed by atoms with van der Waals surface area (Å²) in [4.78, 5) is 6.96. The Hall–Kier alpha value is -1.11. The van der Waals surface area contributed by atoms with E-state index in [1.807, 2.05) is 6.92 Å². The molecule has 2 rings (SSSR count). The molecule has 6 nitrogen and oxygen atoms in total. The molecule has 6 heteroatoms. The highest BCUT2D eigenvalue weighted by Crippen LogP contribution is 2.16. The van der Waals surface area contributed by atoms with Crippen LogP contribution in [0, 0.1) is 6.92 Å². The summed E-state index contributed by atoms with van der Waals surface area (Å²) in [7, 11) is 1.73. The minimum atomic E-state index is 0.284. The molecule has 0 saturated carbocycles. The van der Waals surface area contributed by atoms with E-state index in [1.165, 1.54) is 0 Å². The lowest BCUT2D eigenvalue weighted by Gasteiger charge is -2.26. The topological polar surface area (TPSA) is 51.5 Å². The van der Waals surface area contributed by atoms with Gasteiger partial charge in [0.2, 0.25) is 5.95 Å². The number of aryl methyl sites for hydroxylation is 1. The molecule has 1 aliphatic rings. The first kappa shape index (κ1) is 15.3. The van der Waals surface area contributed by atoms with Crippen LogP contribution >= 0.6 is 0 Å². The number of rotatable bonds is 7. The minimum Gasteiger partial charge on any atom is -0.383 e. The van der Waals surface area contributed by atoms with Crippen LogP contribution < -0.4 is 5.32 Å². The van der Waals surface area contributed by atoms with Gasteiger partial charge in [-0.05, 0) is 13.8 Å². The standard InChI is InChI=1S/C14H26N4O2/c1-12-10-18(13(2)11-19-3)14(16-12)15-4-5-17-6-8-20-9-7-17/h10,13H,4-9,11H2,1-3H3,(H,15,16). The van der Waals surface area contributed by atoms with Crippen LogP contribution in [-0.2, 0) is 9.47 Å². The monoisotopic (exact) mass is 282 g/mol. The van der Waals surface area contributed by atoms with E-state index >= 15 is 0 Å². The van der Waals surface area contributed by atoms with Crippen molar-refractivity contribution < 1.29 is 9.47 Å². The van der Waals surface area contributed by atoms with Gasteiger partial charge in [0.1, 0.15) is 0 Å². The first-order chi connectivity index (χ1) is 9.70. The number of morpholine rings is 1. The summed E-state index contributed by atoms with van der Waals surface area (Å²) in [5.74, 6) is 0.931. The third-order valence-corrected chi connectivity index (χ3v) is 3.55. The van der Waals surface area contributed by atoms with Crippen LogP contribution in [0.4, 0.5) is 5.95 Å². The van der Waals surface area contributed by atoms with Crippen molar-refractivity contribution in [3.8, 4) is 0 Å². The van der Waals surface area contributed by atoms with E-state index in [2.05, 4.69) is 32.9 Å². The van der Waals surface area contributed by atoms with Gasteiger partial charge in [-0.2, -0.15) is 0 Å². The first-order valence-electron chi connectivity index (χ1n) is 7.29. The van der Waals surface area contributed by atoms with E-state index in [1.54, 1.807) is 7.11 Å². The summed E-state index contributed by atoms with van der Waals surface area (Å²) in [5, 5.41) is 3.43. The molecule has 0 aromatic carbocycles. The van der Waals surface area contributed by atoms with E-state index in [9.17, 15) is 0 Å². The van der Waals surface area contributed by atoms with Gasteiger partial charge < -0.3 is 19.4 Å². The number of hydrogen-bond donors (Lipinski definition) is 1. The van der Waals surface area contributed by atoms with Gasteiger partial charge in [-0.3, -0.25) is 4.90 Å². The van der Waals surface area contributed by atoms with E-state index in [0.29, 0.717) is 6.61 Å². The minimum absolute atomic E-state index is 0.284. The number of anilines is 1. The van der Waals surface area contributed by atoms with Crippen molar-refractivity contribution in [2.45, 2.75) is 19.9 Å². The van der Waals surface area contributed by atoms with Gasteiger partial charge in [-0.25, -0.2) is 4.98 Å². The Labute approximate surface area is 121 Å². The molecule has 114 valence electrons. The summed E-state index contributed by atoms with van der Waals surface area (Å²) in [6.07, 6.45) is 2.07. The number of hydrogen-bond acceptors (Lipinski definition) is 5. The molecular formula is C14H26N4O2. The Kier molecular flexibility index (Phi) is 5.82. The zero-order chi connectivity index (χ0) is 14.4. The first-order valence-corrected chi connectivity index (χ1v) is 7.29. The zero-order valence-electron chi connectivity index (χ0n) is 12.8. The number of imidazole rings is 1. The van der Waals surface area contributed by atoms with Gasteiger partial charge in [0.15, 0.2) is 0 Å². The second kappa shape index (κ2) is 7.61. The summed E-state index contributed by atoms with van der Waals surface area (Å²) >= 11 is 0. The lowest BCUT2D eigenvalue weighted by atomic mass is 10.3. The lowest BCUT2D eigenvalue weighted by Crippen LogP contribution is -2.39. The van der Waals surface area contributed by atoms with Crippen molar-refractivity contribution >= 4 is 5.95 Å². The van der Waals surface area contributed by atoms with Crippen molar-refractivity contribution in [1.29, 1.82) is 0 Å². The molecule has 2 heterocycles. The maximum atomic E-state index is 5.35. The average molecular weight is 282 g/mol. The zero-order valence-corrected chi connectivity index (χ0v) is 12.8. The highest BCUT2D eigenvalue weighted by atomic mass is 16.5. The van der Waals surface area contributed by atoms with Gasteiger partial charge >= 0.3 is 0 Å². The fourth-order valence-electron chi connectivity index (χ4n) is 2.45. The largest absolute Gasteiger partial charge is 0.383 e. The van der Waals surface area contributed by atoms with Crippen LogP contribution in [0.2, 0.25) is 0 Å². The van der Waals surface area contributed by atoms with Crippen molar-refractivity contribution in [3.05, 3.63) is 11.9 Å². The highest BCUT2D eigenvalue weighted by Gasteiger charge is 2.13. The van der Waals surface area contributed by atoms with Gasteiger partial charge in [0, 0.05) is 39.5 Å². The number of methoxy groups -OCH3 is 1. The SMILES string of the molecule is COCC(C)n1cc(C)nc1NCCN1CCOCC1.